The van der Waals surface area contributed by atoms with Crippen LogP contribution in [0.3, 0.4) is 0 Å². The molecule has 0 aromatic carbocycles. The van der Waals surface area contributed by atoms with Gasteiger partial charge in [-0.25, -0.2) is 0 Å². The summed E-state index contributed by atoms with van der Waals surface area (Å²) in [6.45, 7) is 16.7. The number of fused-ring (bicyclic) bond motifs is 7. The van der Waals surface area contributed by atoms with Crippen molar-refractivity contribution < 1.29 is 23.9 Å². The fourth-order valence-corrected chi connectivity index (χ4v) is 11.7. The predicted octanol–water partition coefficient (Wildman–Crippen LogP) is 6.51. The van der Waals surface area contributed by atoms with Gasteiger partial charge in [0.25, 0.3) is 0 Å². The smallest absolute Gasteiger partial charge is 0.323 e. The van der Waals surface area contributed by atoms with Crippen LogP contribution in [0.5, 0.6) is 0 Å². The molecule has 0 heterocycles. The summed E-state index contributed by atoms with van der Waals surface area (Å²) in [6, 6.07) is -0.624. The molecule has 4 saturated carbocycles. The van der Waals surface area contributed by atoms with Crippen molar-refractivity contribution in [3.8, 4) is 0 Å². The van der Waals surface area contributed by atoms with E-state index in [9.17, 15) is 14.4 Å². The Balaban J connectivity index is 1.45. The molecule has 10 atom stereocenters. The Morgan fingerprint density at radius 3 is 2.30 bits per heavy atom. The number of hydrogen-bond acceptors (Lipinski definition) is 7. The first kappa shape index (κ1) is 33.6. The van der Waals surface area contributed by atoms with Crippen LogP contribution in [-0.4, -0.2) is 43.5 Å². The highest BCUT2D eigenvalue weighted by atomic mass is 16.5. The summed E-state index contributed by atoms with van der Waals surface area (Å²) < 4.78 is 11.5. The molecule has 7 nitrogen and oxygen atoms in total. The van der Waals surface area contributed by atoms with Gasteiger partial charge in [0, 0.05) is 11.3 Å². The summed E-state index contributed by atoms with van der Waals surface area (Å²) in [7, 11) is 1.50. The molecule has 0 amide bonds. The van der Waals surface area contributed by atoms with E-state index < -0.39 is 11.5 Å². The molecule has 0 spiro atoms. The van der Waals surface area contributed by atoms with Crippen LogP contribution in [0.15, 0.2) is 11.6 Å². The molecule has 7 heteroatoms. The number of ketones is 1. The summed E-state index contributed by atoms with van der Waals surface area (Å²) in [5, 5.41) is 0. The highest BCUT2D eigenvalue weighted by Gasteiger charge is 2.70. The van der Waals surface area contributed by atoms with E-state index in [0.717, 1.165) is 70.6 Å². The highest BCUT2D eigenvalue weighted by molar-refractivity contribution is 5.95. The number of esters is 2. The van der Waals surface area contributed by atoms with Crippen molar-refractivity contribution in [1.29, 1.82) is 0 Å². The molecule has 44 heavy (non-hydrogen) atoms. The first-order chi connectivity index (χ1) is 20.4. The normalized spacial score (nSPS) is 45.0. The second kappa shape index (κ2) is 11.2. The molecular weight excluding hydrogens is 552 g/mol. The number of carbonyl (C=O) groups excluding carboxylic acids is 3. The summed E-state index contributed by atoms with van der Waals surface area (Å²) >= 11 is 0. The van der Waals surface area contributed by atoms with E-state index in [4.69, 9.17) is 20.9 Å². The molecule has 0 aromatic heterocycles. The standard InChI is InChI=1S/C37H60N2O5/c1-32(2)27-12-15-37(7)29(35(27,5)14-13-28(32)44-30(41)25(39)11-9-10-20-38)26(40)21-23-24-22-34(4,31(42)43-8)17-16-33(24,3)18-19-36(23,37)6/h21,24-25,27-29H,9-20,22,38-39H2,1-8H3/t24-,25-,27?,28-,29?,33+,34-,35-,36+,37+/m0/s1. The van der Waals surface area contributed by atoms with E-state index in [-0.39, 0.29) is 68.7 Å². The molecule has 4 fully saturated rings. The van der Waals surface area contributed by atoms with E-state index >= 15 is 0 Å². The van der Waals surface area contributed by atoms with Crippen LogP contribution in [0.25, 0.3) is 0 Å². The third kappa shape index (κ3) is 4.84. The number of ether oxygens (including phenoxy) is 2. The largest absolute Gasteiger partial charge is 0.469 e. The molecule has 0 saturated heterocycles. The van der Waals surface area contributed by atoms with E-state index in [2.05, 4.69) is 54.5 Å². The van der Waals surface area contributed by atoms with E-state index in [1.807, 2.05) is 0 Å². The lowest BCUT2D eigenvalue weighted by Crippen LogP contribution is -2.67. The van der Waals surface area contributed by atoms with Crippen molar-refractivity contribution in [3.05, 3.63) is 11.6 Å². The van der Waals surface area contributed by atoms with E-state index in [0.29, 0.717) is 13.0 Å². The third-order valence-electron chi connectivity index (χ3n) is 14.7. The molecule has 0 bridgehead atoms. The summed E-state index contributed by atoms with van der Waals surface area (Å²) in [4.78, 5) is 40.6. The summed E-state index contributed by atoms with van der Waals surface area (Å²) in [6.07, 6.45) is 12.4. The Bertz CT molecular complexity index is 1210. The zero-order valence-corrected chi connectivity index (χ0v) is 28.9. The Kier molecular flexibility index (Phi) is 8.57. The average molecular weight is 613 g/mol. The van der Waals surface area contributed by atoms with Crippen LogP contribution < -0.4 is 11.5 Å². The van der Waals surface area contributed by atoms with E-state index in [1.54, 1.807) is 0 Å². The Morgan fingerprint density at radius 2 is 1.64 bits per heavy atom. The number of methoxy groups -OCH3 is 1. The zero-order valence-electron chi connectivity index (χ0n) is 28.9. The Labute approximate surface area is 266 Å². The maximum Gasteiger partial charge on any atom is 0.323 e. The van der Waals surface area contributed by atoms with Gasteiger partial charge in [-0.05, 0) is 124 Å². The fraction of sp³-hybridized carbons (Fsp3) is 0.865. The SMILES string of the molecule is COC(=O)[C@@]1(C)CC[C@]2(C)CC[C@]3(C)C(=CC(=O)C4[C@@]5(C)CC[C@H](OC(=O)[C@@H](N)CCCCN)C(C)(C)C5CC[C@]43C)[C@@H]2C1. The molecule has 0 aromatic rings. The quantitative estimate of drug-likeness (QED) is 0.248. The van der Waals surface area contributed by atoms with E-state index in [1.165, 1.54) is 12.7 Å². The molecule has 5 aliphatic carbocycles. The molecule has 248 valence electrons. The van der Waals surface area contributed by atoms with Crippen LogP contribution in [-0.2, 0) is 23.9 Å². The molecule has 5 aliphatic rings. The minimum atomic E-state index is -0.624. The van der Waals surface area contributed by atoms with Gasteiger partial charge in [-0.3, -0.25) is 14.4 Å². The minimum Gasteiger partial charge on any atom is -0.469 e. The number of nitrogens with two attached hydrogens (primary N) is 2. The van der Waals surface area contributed by atoms with Gasteiger partial charge in [0.2, 0.25) is 0 Å². The van der Waals surface area contributed by atoms with Gasteiger partial charge in [0.1, 0.15) is 12.1 Å². The molecule has 4 N–H and O–H groups in total. The van der Waals surface area contributed by atoms with Crippen molar-refractivity contribution in [1.82, 2.24) is 0 Å². The van der Waals surface area contributed by atoms with Gasteiger partial charge < -0.3 is 20.9 Å². The molecular formula is C37H60N2O5. The molecule has 0 aliphatic heterocycles. The monoisotopic (exact) mass is 612 g/mol. The number of carbonyl (C=O) groups is 3. The van der Waals surface area contributed by atoms with Gasteiger partial charge in [-0.15, -0.1) is 0 Å². The lowest BCUT2D eigenvalue weighted by Gasteiger charge is -2.70. The van der Waals surface area contributed by atoms with Crippen LogP contribution in [0.2, 0.25) is 0 Å². The third-order valence-corrected chi connectivity index (χ3v) is 14.7. The van der Waals surface area contributed by atoms with Gasteiger partial charge in [-0.2, -0.15) is 0 Å². The van der Waals surface area contributed by atoms with Crippen LogP contribution in [0.1, 0.15) is 126 Å². The van der Waals surface area contributed by atoms with Crippen LogP contribution in [0, 0.1) is 50.2 Å². The summed E-state index contributed by atoms with van der Waals surface area (Å²) in [5.74, 6) is 0.207. The maximum atomic E-state index is 14.6. The zero-order chi connectivity index (χ0) is 32.5. The second-order valence-electron chi connectivity index (χ2n) is 17.4. The topological polar surface area (TPSA) is 122 Å². The lowest BCUT2D eigenvalue weighted by atomic mass is 9.33. The molecule has 0 radical (unpaired) electrons. The van der Waals surface area contributed by atoms with Gasteiger partial charge in [0.15, 0.2) is 5.78 Å². The van der Waals surface area contributed by atoms with Crippen LogP contribution >= 0.6 is 0 Å². The van der Waals surface area contributed by atoms with Crippen molar-refractivity contribution in [2.75, 3.05) is 13.7 Å². The fourth-order valence-electron chi connectivity index (χ4n) is 11.7. The second-order valence-corrected chi connectivity index (χ2v) is 17.4. The first-order valence-corrected chi connectivity index (χ1v) is 17.4. The number of allylic oxidation sites excluding steroid dienone is 2. The maximum absolute atomic E-state index is 14.6. The van der Waals surface area contributed by atoms with Crippen molar-refractivity contribution in [2.24, 2.45) is 61.7 Å². The van der Waals surface area contributed by atoms with Gasteiger partial charge in [-0.1, -0.05) is 53.5 Å². The van der Waals surface area contributed by atoms with Gasteiger partial charge >= 0.3 is 11.9 Å². The minimum absolute atomic E-state index is 0.0862. The lowest BCUT2D eigenvalue weighted by molar-refractivity contribution is -0.211. The average Bonchev–Trinajstić information content (AvgIpc) is 2.96. The number of rotatable bonds is 7. The van der Waals surface area contributed by atoms with Gasteiger partial charge in [0.05, 0.1) is 12.5 Å². The first-order valence-electron chi connectivity index (χ1n) is 17.4. The van der Waals surface area contributed by atoms with Crippen molar-refractivity contribution >= 4 is 17.7 Å². The summed E-state index contributed by atoms with van der Waals surface area (Å²) in [5.41, 5.74) is 12.0. The van der Waals surface area contributed by atoms with Crippen molar-refractivity contribution in [3.63, 3.8) is 0 Å². The number of unbranched alkanes of at least 4 members (excludes halogenated alkanes) is 1. The molecule has 2 unspecified atom stereocenters. The number of hydrogen-bond donors (Lipinski definition) is 2. The molecule has 5 rings (SSSR count). The predicted molar refractivity (Wildman–Crippen MR) is 172 cm³/mol. The van der Waals surface area contributed by atoms with Crippen LogP contribution in [0.4, 0.5) is 0 Å². The van der Waals surface area contributed by atoms with Crippen molar-refractivity contribution in [2.45, 2.75) is 138 Å². The Morgan fingerprint density at radius 1 is 0.955 bits per heavy atom. The highest BCUT2D eigenvalue weighted by Crippen LogP contribution is 2.75. The Hall–Kier alpha value is -1.73.